The summed E-state index contributed by atoms with van der Waals surface area (Å²) in [6.07, 6.45) is -2.61. The van der Waals surface area contributed by atoms with Gasteiger partial charge < -0.3 is 10.1 Å². The molecule has 1 aromatic rings. The van der Waals surface area contributed by atoms with Gasteiger partial charge in [0.05, 0.1) is 5.56 Å². The van der Waals surface area contributed by atoms with E-state index in [9.17, 15) is 23.7 Å². The van der Waals surface area contributed by atoms with Gasteiger partial charge in [0.2, 0.25) is 0 Å². The van der Waals surface area contributed by atoms with Crippen molar-refractivity contribution in [1.82, 2.24) is 4.98 Å². The zero-order valence-corrected chi connectivity index (χ0v) is 7.55. The smallest absolute Gasteiger partial charge is 0.358 e. The van der Waals surface area contributed by atoms with Crippen LogP contribution in [0.5, 0.6) is 0 Å². The highest BCUT2D eigenvalue weighted by Gasteiger charge is 2.27. The van der Waals surface area contributed by atoms with Crippen molar-refractivity contribution in [3.8, 4) is 6.07 Å². The van der Waals surface area contributed by atoms with Gasteiger partial charge in [0, 0.05) is 0 Å². The second-order valence-electron chi connectivity index (χ2n) is 2.61. The molecule has 0 aliphatic rings. The van der Waals surface area contributed by atoms with E-state index in [1.165, 1.54) is 6.07 Å². The van der Waals surface area contributed by atoms with Gasteiger partial charge in [-0.3, -0.25) is 4.79 Å². The molecule has 0 bridgehead atoms. The quantitative estimate of drug-likeness (QED) is 0.443. The zero-order chi connectivity index (χ0) is 12.3. The number of aldehydes is 1. The van der Waals surface area contributed by atoms with E-state index in [1.807, 2.05) is 0 Å². The number of halogens is 2. The normalized spacial score (nSPS) is 9.88. The molecule has 0 spiro atoms. The molecule has 0 aromatic carbocycles. The van der Waals surface area contributed by atoms with Gasteiger partial charge in [-0.15, -0.1) is 0 Å². The van der Waals surface area contributed by atoms with E-state index in [4.69, 9.17) is 5.26 Å². The van der Waals surface area contributed by atoms with Crippen LogP contribution < -0.4 is 0 Å². The van der Waals surface area contributed by atoms with Gasteiger partial charge in [0.1, 0.15) is 17.2 Å². The van der Waals surface area contributed by atoms with Gasteiger partial charge >= 0.3 is 5.82 Å². The molecule has 0 fully saturated rings. The summed E-state index contributed by atoms with van der Waals surface area (Å²) < 4.78 is 25.1. The summed E-state index contributed by atoms with van der Waals surface area (Å²) >= 11 is 0. The highest BCUT2D eigenvalue weighted by molar-refractivity contribution is 5.83. The number of carbonyl (C=O) groups excluding carboxylic acids is 1. The van der Waals surface area contributed by atoms with E-state index in [-0.39, 0.29) is 6.29 Å². The van der Waals surface area contributed by atoms with Crippen LogP contribution in [0, 0.1) is 21.4 Å². The number of hydrogen-bond acceptors (Lipinski definition) is 5. The molecule has 0 radical (unpaired) electrons. The van der Waals surface area contributed by atoms with E-state index in [1.54, 1.807) is 0 Å². The van der Waals surface area contributed by atoms with Gasteiger partial charge in [-0.25, -0.2) is 8.78 Å². The van der Waals surface area contributed by atoms with Crippen LogP contribution in [-0.4, -0.2) is 16.2 Å². The van der Waals surface area contributed by atoms with E-state index in [0.717, 1.165) is 0 Å². The van der Waals surface area contributed by atoms with E-state index in [2.05, 4.69) is 4.98 Å². The fourth-order valence-electron chi connectivity index (χ4n) is 1.12. The molecule has 16 heavy (non-hydrogen) atoms. The van der Waals surface area contributed by atoms with Crippen molar-refractivity contribution in [2.24, 2.45) is 0 Å². The minimum Gasteiger partial charge on any atom is -0.358 e. The van der Waals surface area contributed by atoms with Crippen molar-refractivity contribution in [3.05, 3.63) is 33.0 Å². The van der Waals surface area contributed by atoms with Gasteiger partial charge in [0.15, 0.2) is 12.5 Å². The lowest BCUT2D eigenvalue weighted by Gasteiger charge is -2.04. The van der Waals surface area contributed by atoms with Crippen LogP contribution in [0.15, 0.2) is 6.20 Å². The van der Waals surface area contributed by atoms with Crippen molar-refractivity contribution >= 4 is 12.1 Å². The Bertz CT molecular complexity index is 496. The maximum atomic E-state index is 12.5. The third-order valence-corrected chi connectivity index (χ3v) is 1.77. The molecule has 82 valence electrons. The number of rotatable bonds is 3. The molecule has 0 N–H and O–H groups in total. The molecule has 1 rings (SSSR count). The Labute approximate surface area is 87.3 Å². The second kappa shape index (κ2) is 4.39. The van der Waals surface area contributed by atoms with Crippen LogP contribution in [0.3, 0.4) is 0 Å². The first-order chi connectivity index (χ1) is 7.52. The lowest BCUT2D eigenvalue weighted by atomic mass is 10.1. The molecule has 0 saturated carbocycles. The molecule has 1 aromatic heterocycles. The molecule has 0 unspecified atom stereocenters. The Balaban J connectivity index is 3.64. The Morgan fingerprint density at radius 3 is 2.62 bits per heavy atom. The fraction of sp³-hybridized carbons (Fsp3) is 0.125. The second-order valence-corrected chi connectivity index (χ2v) is 2.61. The number of alkyl halides is 2. The first-order valence-corrected chi connectivity index (χ1v) is 3.83. The Kier molecular flexibility index (Phi) is 3.20. The summed E-state index contributed by atoms with van der Waals surface area (Å²) in [5.41, 5.74) is -2.37. The minimum atomic E-state index is -3.16. The van der Waals surface area contributed by atoms with E-state index < -0.39 is 33.9 Å². The third kappa shape index (κ3) is 1.83. The monoisotopic (exact) mass is 227 g/mol. The molecular formula is C8H3F2N3O3. The summed E-state index contributed by atoms with van der Waals surface area (Å²) in [5.74, 6) is -0.982. The Morgan fingerprint density at radius 1 is 1.62 bits per heavy atom. The molecule has 6 nitrogen and oxygen atoms in total. The lowest BCUT2D eigenvalue weighted by Crippen LogP contribution is -2.05. The number of carbonyl (C=O) groups is 1. The number of hydrogen-bond donors (Lipinski definition) is 0. The third-order valence-electron chi connectivity index (χ3n) is 1.77. The molecule has 0 atom stereocenters. The number of nitrogens with zero attached hydrogens (tertiary/aromatic N) is 3. The molecular weight excluding hydrogens is 224 g/mol. The predicted molar refractivity (Wildman–Crippen MR) is 46.0 cm³/mol. The molecule has 0 aliphatic heterocycles. The fourth-order valence-corrected chi connectivity index (χ4v) is 1.12. The maximum Gasteiger partial charge on any atom is 0.374 e. The Hall–Kier alpha value is -2.43. The predicted octanol–water partition coefficient (Wildman–Crippen LogP) is 1.61. The maximum absolute atomic E-state index is 12.5. The Morgan fingerprint density at radius 2 is 2.25 bits per heavy atom. The molecule has 0 saturated heterocycles. The van der Waals surface area contributed by atoms with Crippen molar-refractivity contribution in [3.63, 3.8) is 0 Å². The largest absolute Gasteiger partial charge is 0.374 e. The van der Waals surface area contributed by atoms with Crippen LogP contribution in [0.1, 0.15) is 27.9 Å². The highest BCUT2D eigenvalue weighted by atomic mass is 19.3. The lowest BCUT2D eigenvalue weighted by molar-refractivity contribution is -0.389. The van der Waals surface area contributed by atoms with E-state index >= 15 is 0 Å². The van der Waals surface area contributed by atoms with Gasteiger partial charge in [-0.2, -0.15) is 5.26 Å². The SMILES string of the molecule is N#Cc1cnc([N+](=O)[O-])c(C=O)c1C(F)F. The number of pyridine rings is 1. The van der Waals surface area contributed by atoms with Crippen LogP contribution in [0.2, 0.25) is 0 Å². The van der Waals surface area contributed by atoms with Crippen molar-refractivity contribution in [2.45, 2.75) is 6.43 Å². The standard InChI is InChI=1S/C8H3F2N3O3/c9-7(10)6-4(1-11)2-12-8(13(15)16)5(6)3-14/h2-3,7H. The first kappa shape index (κ1) is 11.6. The topological polar surface area (TPSA) is 96.9 Å². The summed E-state index contributed by atoms with van der Waals surface area (Å²) in [5, 5.41) is 18.9. The molecule has 1 heterocycles. The molecule has 8 heteroatoms. The van der Waals surface area contributed by atoms with Crippen molar-refractivity contribution in [2.75, 3.05) is 0 Å². The minimum absolute atomic E-state index is 0.104. The zero-order valence-electron chi connectivity index (χ0n) is 7.55. The van der Waals surface area contributed by atoms with Crippen LogP contribution in [-0.2, 0) is 0 Å². The number of aromatic nitrogens is 1. The summed E-state index contributed by atoms with van der Waals surface area (Å²) in [4.78, 5) is 23.1. The average Bonchev–Trinajstić information content (AvgIpc) is 2.26. The first-order valence-electron chi connectivity index (χ1n) is 3.83. The van der Waals surface area contributed by atoms with Gasteiger partial charge in [-0.1, -0.05) is 0 Å². The molecule has 0 amide bonds. The summed E-state index contributed by atoms with van der Waals surface area (Å²) in [6, 6.07) is 1.39. The van der Waals surface area contributed by atoms with Gasteiger partial charge in [-0.05, 0) is 9.91 Å². The van der Waals surface area contributed by atoms with Crippen LogP contribution >= 0.6 is 0 Å². The average molecular weight is 227 g/mol. The summed E-state index contributed by atoms with van der Waals surface area (Å²) in [6.45, 7) is 0. The van der Waals surface area contributed by atoms with Crippen LogP contribution in [0.4, 0.5) is 14.6 Å². The van der Waals surface area contributed by atoms with Crippen molar-refractivity contribution < 1.29 is 18.5 Å². The van der Waals surface area contributed by atoms with Crippen molar-refractivity contribution in [1.29, 1.82) is 5.26 Å². The van der Waals surface area contributed by atoms with E-state index in [0.29, 0.717) is 6.20 Å². The van der Waals surface area contributed by atoms with Gasteiger partial charge in [0.25, 0.3) is 6.43 Å². The number of nitriles is 1. The molecule has 0 aliphatic carbocycles. The number of nitro groups is 1. The van der Waals surface area contributed by atoms with Crippen LogP contribution in [0.25, 0.3) is 0 Å². The highest BCUT2D eigenvalue weighted by Crippen LogP contribution is 2.29. The summed E-state index contributed by atoms with van der Waals surface area (Å²) in [7, 11) is 0.